The Morgan fingerprint density at radius 2 is 2.04 bits per heavy atom. The Morgan fingerprint density at radius 1 is 1.22 bits per heavy atom. The number of benzene rings is 1. The van der Waals surface area contributed by atoms with Gasteiger partial charge < -0.3 is 5.32 Å². The van der Waals surface area contributed by atoms with E-state index >= 15 is 0 Å². The molecule has 3 rings (SSSR count). The van der Waals surface area contributed by atoms with Gasteiger partial charge in [0.15, 0.2) is 0 Å². The van der Waals surface area contributed by atoms with Crippen molar-refractivity contribution in [1.82, 2.24) is 10.0 Å². The van der Waals surface area contributed by atoms with Crippen LogP contribution in [0.4, 0.5) is 0 Å². The maximum atomic E-state index is 12.2. The van der Waals surface area contributed by atoms with Crippen LogP contribution in [0.3, 0.4) is 0 Å². The lowest BCUT2D eigenvalue weighted by Crippen LogP contribution is -2.27. The molecule has 1 amide bonds. The normalized spacial score (nSPS) is 14.6. The summed E-state index contributed by atoms with van der Waals surface area (Å²) in [5.41, 5.74) is 0.356. The summed E-state index contributed by atoms with van der Waals surface area (Å²) in [7, 11) is -3.54. The molecule has 7 heteroatoms. The molecule has 1 fully saturated rings. The highest BCUT2D eigenvalue weighted by Gasteiger charge is 2.28. The van der Waals surface area contributed by atoms with Crippen molar-refractivity contribution >= 4 is 27.3 Å². The smallest absolute Gasteiger partial charge is 0.251 e. The molecule has 1 saturated carbocycles. The molecule has 0 spiro atoms. The summed E-state index contributed by atoms with van der Waals surface area (Å²) in [5.74, 6) is -0.259. The van der Waals surface area contributed by atoms with E-state index in [0.717, 1.165) is 19.3 Å². The van der Waals surface area contributed by atoms with Crippen molar-refractivity contribution < 1.29 is 13.2 Å². The quantitative estimate of drug-likeness (QED) is 0.803. The minimum Gasteiger partial charge on any atom is -0.352 e. The van der Waals surface area contributed by atoms with Crippen LogP contribution in [0.15, 0.2) is 46.7 Å². The van der Waals surface area contributed by atoms with E-state index in [1.165, 1.54) is 17.0 Å². The Labute approximate surface area is 139 Å². The zero-order chi connectivity index (χ0) is 16.3. The fraction of sp³-hybridized carbons (Fsp3) is 0.312. The third-order valence-corrected chi connectivity index (χ3v) is 6.00. The van der Waals surface area contributed by atoms with Crippen molar-refractivity contribution in [2.75, 3.05) is 6.54 Å². The predicted molar refractivity (Wildman–Crippen MR) is 90.1 cm³/mol. The molecular formula is C16H18N2O3S2. The van der Waals surface area contributed by atoms with Crippen molar-refractivity contribution in [2.24, 2.45) is 0 Å². The second kappa shape index (κ2) is 6.82. The molecule has 23 heavy (non-hydrogen) atoms. The minimum absolute atomic E-state index is 0.0447. The van der Waals surface area contributed by atoms with Gasteiger partial charge in [-0.3, -0.25) is 4.79 Å². The molecule has 0 radical (unpaired) electrons. The Hall–Kier alpha value is -1.70. The van der Waals surface area contributed by atoms with Crippen LogP contribution in [-0.2, 0) is 16.4 Å². The molecule has 1 aromatic carbocycles. The molecular weight excluding hydrogens is 332 g/mol. The van der Waals surface area contributed by atoms with E-state index in [2.05, 4.69) is 10.0 Å². The van der Waals surface area contributed by atoms with Gasteiger partial charge in [-0.1, -0.05) is 12.1 Å². The van der Waals surface area contributed by atoms with Crippen molar-refractivity contribution in [1.29, 1.82) is 0 Å². The van der Waals surface area contributed by atoms with Crippen molar-refractivity contribution in [3.05, 3.63) is 52.2 Å². The average molecular weight is 350 g/mol. The highest BCUT2D eigenvalue weighted by Crippen LogP contribution is 2.22. The number of rotatable bonds is 7. The van der Waals surface area contributed by atoms with Crippen molar-refractivity contribution in [3.8, 4) is 0 Å². The molecule has 2 aromatic rings. The van der Waals surface area contributed by atoms with Crippen LogP contribution in [0.1, 0.15) is 28.1 Å². The Kier molecular flexibility index (Phi) is 4.79. The van der Waals surface area contributed by atoms with E-state index in [1.807, 2.05) is 17.5 Å². The molecule has 1 heterocycles. The Morgan fingerprint density at radius 3 is 2.74 bits per heavy atom. The van der Waals surface area contributed by atoms with Crippen LogP contribution in [0.2, 0.25) is 0 Å². The standard InChI is InChI=1S/C16H18N2O3S2/c19-16(17-9-8-14-4-2-10-22-14)12-3-1-5-15(11-12)23(20,21)18-13-6-7-13/h1-5,10-11,13,18H,6-9H2,(H,17,19). The van der Waals surface area contributed by atoms with Gasteiger partial charge in [-0.25, -0.2) is 13.1 Å². The predicted octanol–water partition coefficient (Wildman–Crippen LogP) is 2.16. The molecule has 122 valence electrons. The molecule has 0 unspecified atom stereocenters. The molecule has 0 saturated heterocycles. The summed E-state index contributed by atoms with van der Waals surface area (Å²) >= 11 is 1.65. The monoisotopic (exact) mass is 350 g/mol. The number of carbonyl (C=O) groups excluding carboxylic acids is 1. The van der Waals surface area contributed by atoms with Crippen molar-refractivity contribution in [2.45, 2.75) is 30.2 Å². The Bertz CT molecular complexity index is 781. The minimum atomic E-state index is -3.54. The van der Waals surface area contributed by atoms with Gasteiger partial charge >= 0.3 is 0 Å². The van der Waals surface area contributed by atoms with Gasteiger partial charge in [-0.15, -0.1) is 11.3 Å². The van der Waals surface area contributed by atoms with Crippen LogP contribution in [0.5, 0.6) is 0 Å². The highest BCUT2D eigenvalue weighted by molar-refractivity contribution is 7.89. The first-order valence-electron chi connectivity index (χ1n) is 7.47. The number of carbonyl (C=O) groups is 1. The van der Waals surface area contributed by atoms with Gasteiger partial charge in [0.25, 0.3) is 5.91 Å². The maximum Gasteiger partial charge on any atom is 0.251 e. The first-order chi connectivity index (χ1) is 11.0. The number of sulfonamides is 1. The second-order valence-corrected chi connectivity index (χ2v) is 8.25. The summed E-state index contributed by atoms with van der Waals surface area (Å²) in [6.07, 6.45) is 2.52. The summed E-state index contributed by atoms with van der Waals surface area (Å²) in [6, 6.07) is 10.2. The zero-order valence-electron chi connectivity index (χ0n) is 12.5. The van der Waals surface area contributed by atoms with E-state index in [1.54, 1.807) is 23.5 Å². The topological polar surface area (TPSA) is 75.3 Å². The fourth-order valence-corrected chi connectivity index (χ4v) is 4.21. The summed E-state index contributed by atoms with van der Waals surface area (Å²) in [6.45, 7) is 0.524. The molecule has 1 aromatic heterocycles. The number of nitrogens with one attached hydrogen (secondary N) is 2. The van der Waals surface area contributed by atoms with Crippen LogP contribution in [0, 0.1) is 0 Å². The number of amides is 1. The van der Waals surface area contributed by atoms with Crippen LogP contribution < -0.4 is 10.0 Å². The third-order valence-electron chi connectivity index (χ3n) is 3.54. The fourth-order valence-electron chi connectivity index (χ4n) is 2.15. The molecule has 5 nitrogen and oxygen atoms in total. The number of hydrogen-bond donors (Lipinski definition) is 2. The molecule has 1 aliphatic carbocycles. The van der Waals surface area contributed by atoms with E-state index in [0.29, 0.717) is 12.1 Å². The first kappa shape index (κ1) is 16.2. The zero-order valence-corrected chi connectivity index (χ0v) is 14.1. The number of hydrogen-bond acceptors (Lipinski definition) is 4. The molecule has 0 atom stereocenters. The lowest BCUT2D eigenvalue weighted by atomic mass is 10.2. The molecule has 0 bridgehead atoms. The summed E-state index contributed by atoms with van der Waals surface area (Å²) < 4.78 is 27.0. The summed E-state index contributed by atoms with van der Waals surface area (Å²) in [5, 5.41) is 4.82. The van der Waals surface area contributed by atoms with Gasteiger partial charge in [0, 0.05) is 23.0 Å². The molecule has 0 aliphatic heterocycles. The summed E-state index contributed by atoms with van der Waals surface area (Å²) in [4.78, 5) is 13.5. The maximum absolute atomic E-state index is 12.2. The van der Waals surface area contributed by atoms with Gasteiger partial charge in [-0.2, -0.15) is 0 Å². The lowest BCUT2D eigenvalue weighted by Gasteiger charge is -2.08. The molecule has 2 N–H and O–H groups in total. The molecule has 1 aliphatic rings. The first-order valence-corrected chi connectivity index (χ1v) is 9.84. The van der Waals surface area contributed by atoms with Crippen LogP contribution >= 0.6 is 11.3 Å². The van der Waals surface area contributed by atoms with Gasteiger partial charge in [0.05, 0.1) is 4.90 Å². The van der Waals surface area contributed by atoms with E-state index in [9.17, 15) is 13.2 Å². The Balaban J connectivity index is 1.62. The van der Waals surface area contributed by atoms with Gasteiger partial charge in [-0.05, 0) is 48.9 Å². The largest absolute Gasteiger partial charge is 0.352 e. The van der Waals surface area contributed by atoms with E-state index in [-0.39, 0.29) is 16.8 Å². The number of thiophene rings is 1. The highest BCUT2D eigenvalue weighted by atomic mass is 32.2. The van der Waals surface area contributed by atoms with E-state index in [4.69, 9.17) is 0 Å². The van der Waals surface area contributed by atoms with Crippen LogP contribution in [0.25, 0.3) is 0 Å². The second-order valence-electron chi connectivity index (χ2n) is 5.51. The lowest BCUT2D eigenvalue weighted by molar-refractivity contribution is 0.0954. The average Bonchev–Trinajstić information content (AvgIpc) is 3.18. The van der Waals surface area contributed by atoms with Crippen molar-refractivity contribution in [3.63, 3.8) is 0 Å². The van der Waals surface area contributed by atoms with Gasteiger partial charge in [0.1, 0.15) is 0 Å². The van der Waals surface area contributed by atoms with Crippen LogP contribution in [-0.4, -0.2) is 26.9 Å². The van der Waals surface area contributed by atoms with E-state index < -0.39 is 10.0 Å². The SMILES string of the molecule is O=C(NCCc1cccs1)c1cccc(S(=O)(=O)NC2CC2)c1. The third kappa shape index (κ3) is 4.40. The van der Waals surface area contributed by atoms with Gasteiger partial charge in [0.2, 0.25) is 10.0 Å².